The molecule has 0 bridgehead atoms. The third-order valence-corrected chi connectivity index (χ3v) is 4.92. The van der Waals surface area contributed by atoms with Gasteiger partial charge in [0, 0.05) is 0 Å². The van der Waals surface area contributed by atoms with Crippen molar-refractivity contribution < 1.29 is 22.3 Å². The van der Waals surface area contributed by atoms with E-state index in [0.29, 0.717) is 11.4 Å². The summed E-state index contributed by atoms with van der Waals surface area (Å²) >= 11 is 0. The number of para-hydroxylation sites is 2. The molecular weight excluding hydrogens is 371 g/mol. The molecule has 0 aliphatic carbocycles. The van der Waals surface area contributed by atoms with E-state index in [2.05, 4.69) is 5.32 Å². The number of carbonyl (C=O) groups is 1. The fourth-order valence-electron chi connectivity index (χ4n) is 2.56. The first kappa shape index (κ1) is 20.7. The highest BCUT2D eigenvalue weighted by Gasteiger charge is 2.29. The molecule has 146 valence electrons. The van der Waals surface area contributed by atoms with E-state index < -0.39 is 27.8 Å². The molecule has 0 heterocycles. The molecule has 0 saturated carbocycles. The Kier molecular flexibility index (Phi) is 6.43. The highest BCUT2D eigenvalue weighted by Crippen LogP contribution is 2.26. The average Bonchev–Trinajstić information content (AvgIpc) is 2.57. The minimum Gasteiger partial charge on any atom is -0.489 e. The highest BCUT2D eigenvalue weighted by atomic mass is 32.2. The number of hydrogen-bond donors (Lipinski definition) is 1. The van der Waals surface area contributed by atoms with Crippen LogP contribution in [0.25, 0.3) is 0 Å². The van der Waals surface area contributed by atoms with Crippen molar-refractivity contribution in [3.63, 3.8) is 0 Å². The van der Waals surface area contributed by atoms with E-state index in [-0.39, 0.29) is 11.8 Å². The maximum absolute atomic E-state index is 13.2. The number of carbonyl (C=O) groups excluding carboxylic acids is 1. The van der Waals surface area contributed by atoms with Crippen molar-refractivity contribution in [1.29, 1.82) is 0 Å². The van der Waals surface area contributed by atoms with Crippen molar-refractivity contribution in [1.82, 2.24) is 0 Å². The number of sulfonamides is 1. The molecule has 0 saturated heterocycles. The Balaban J connectivity index is 2.30. The summed E-state index contributed by atoms with van der Waals surface area (Å²) in [6.07, 6.45) is 0.905. The van der Waals surface area contributed by atoms with Gasteiger partial charge in [-0.3, -0.25) is 9.10 Å². The molecule has 2 aromatic carbocycles. The lowest BCUT2D eigenvalue weighted by molar-refractivity contribution is -0.116. The number of halogens is 1. The summed E-state index contributed by atoms with van der Waals surface area (Å²) in [7, 11) is -3.78. The van der Waals surface area contributed by atoms with Crippen LogP contribution in [0, 0.1) is 5.82 Å². The van der Waals surface area contributed by atoms with E-state index in [9.17, 15) is 17.6 Å². The molecule has 0 aromatic heterocycles. The lowest BCUT2D eigenvalue weighted by Crippen LogP contribution is -2.45. The number of benzene rings is 2. The molecule has 27 heavy (non-hydrogen) atoms. The van der Waals surface area contributed by atoms with Crippen molar-refractivity contribution in [2.75, 3.05) is 15.9 Å². The van der Waals surface area contributed by atoms with Crippen molar-refractivity contribution in [2.45, 2.75) is 32.9 Å². The Morgan fingerprint density at radius 1 is 1.07 bits per heavy atom. The van der Waals surface area contributed by atoms with Crippen LogP contribution in [0.15, 0.2) is 48.5 Å². The van der Waals surface area contributed by atoms with Crippen molar-refractivity contribution in [3.8, 4) is 5.75 Å². The molecule has 2 rings (SSSR count). The molecule has 0 fully saturated rings. The molecule has 0 aliphatic rings. The van der Waals surface area contributed by atoms with Gasteiger partial charge in [-0.05, 0) is 57.2 Å². The molecule has 1 atom stereocenters. The highest BCUT2D eigenvalue weighted by molar-refractivity contribution is 7.92. The molecule has 0 radical (unpaired) electrons. The summed E-state index contributed by atoms with van der Waals surface area (Å²) in [5.41, 5.74) is 0.642. The van der Waals surface area contributed by atoms with Crippen LogP contribution in [0.1, 0.15) is 20.8 Å². The Bertz CT molecular complexity index is 898. The monoisotopic (exact) mass is 394 g/mol. The molecule has 6 nitrogen and oxygen atoms in total. The number of nitrogens with zero attached hydrogens (tertiary/aromatic N) is 1. The zero-order valence-electron chi connectivity index (χ0n) is 15.6. The minimum atomic E-state index is -3.78. The van der Waals surface area contributed by atoms with Crippen LogP contribution in [0.5, 0.6) is 5.75 Å². The van der Waals surface area contributed by atoms with Gasteiger partial charge in [-0.1, -0.05) is 12.1 Å². The summed E-state index contributed by atoms with van der Waals surface area (Å²) in [6.45, 7) is 5.19. The zero-order valence-corrected chi connectivity index (χ0v) is 16.5. The van der Waals surface area contributed by atoms with Gasteiger partial charge in [0.05, 0.1) is 23.7 Å². The fourth-order valence-corrected chi connectivity index (χ4v) is 3.74. The van der Waals surface area contributed by atoms with E-state index in [0.717, 1.165) is 22.7 Å². The summed E-state index contributed by atoms with van der Waals surface area (Å²) in [5, 5.41) is 2.71. The number of amides is 1. The van der Waals surface area contributed by atoms with Crippen molar-refractivity contribution in [3.05, 3.63) is 54.3 Å². The Morgan fingerprint density at radius 2 is 1.67 bits per heavy atom. The number of ether oxygens (including phenoxy) is 1. The first-order valence-corrected chi connectivity index (χ1v) is 10.3. The van der Waals surface area contributed by atoms with Gasteiger partial charge >= 0.3 is 0 Å². The van der Waals surface area contributed by atoms with Crippen molar-refractivity contribution >= 4 is 27.3 Å². The second kappa shape index (κ2) is 8.39. The average molecular weight is 394 g/mol. The van der Waals surface area contributed by atoms with Crippen LogP contribution in [-0.2, 0) is 14.8 Å². The van der Waals surface area contributed by atoms with Crippen LogP contribution < -0.4 is 14.4 Å². The lowest BCUT2D eigenvalue weighted by atomic mass is 10.2. The maximum Gasteiger partial charge on any atom is 0.248 e. The maximum atomic E-state index is 13.2. The molecule has 2 aromatic rings. The Morgan fingerprint density at radius 3 is 2.22 bits per heavy atom. The summed E-state index contributed by atoms with van der Waals surface area (Å²) in [6, 6.07) is 10.8. The van der Waals surface area contributed by atoms with E-state index in [1.807, 2.05) is 13.8 Å². The lowest BCUT2D eigenvalue weighted by Gasteiger charge is -2.28. The normalized spacial score (nSPS) is 12.5. The topological polar surface area (TPSA) is 75.7 Å². The summed E-state index contributed by atoms with van der Waals surface area (Å²) in [5.74, 6) is -0.547. The summed E-state index contributed by atoms with van der Waals surface area (Å²) < 4.78 is 44.3. The number of rotatable bonds is 7. The standard InChI is InChI=1S/C19H23FN2O4S/c1-13(2)26-18-8-6-5-7-17(18)21-19(23)14(3)22(27(4,24)25)16-11-9-15(20)10-12-16/h5-14H,1-4H3,(H,21,23). The smallest absolute Gasteiger partial charge is 0.248 e. The number of anilines is 2. The van der Waals surface area contributed by atoms with Gasteiger partial charge in [0.2, 0.25) is 15.9 Å². The quantitative estimate of drug-likeness (QED) is 0.781. The van der Waals surface area contributed by atoms with Crippen LogP contribution in [-0.4, -0.2) is 32.7 Å². The van der Waals surface area contributed by atoms with Gasteiger partial charge in [0.25, 0.3) is 0 Å². The molecule has 1 amide bonds. The van der Waals surface area contributed by atoms with Gasteiger partial charge in [0.1, 0.15) is 17.6 Å². The molecule has 0 spiro atoms. The van der Waals surface area contributed by atoms with E-state index >= 15 is 0 Å². The van der Waals surface area contributed by atoms with Gasteiger partial charge in [-0.2, -0.15) is 0 Å². The molecule has 0 aliphatic heterocycles. The Labute approximate surface area is 159 Å². The number of nitrogens with one attached hydrogen (secondary N) is 1. The molecule has 8 heteroatoms. The van der Waals surface area contributed by atoms with Crippen LogP contribution in [0.2, 0.25) is 0 Å². The fraction of sp³-hybridized carbons (Fsp3) is 0.316. The zero-order chi connectivity index (χ0) is 20.2. The predicted molar refractivity (Wildman–Crippen MR) is 104 cm³/mol. The van der Waals surface area contributed by atoms with Gasteiger partial charge in [-0.25, -0.2) is 12.8 Å². The van der Waals surface area contributed by atoms with Crippen molar-refractivity contribution in [2.24, 2.45) is 0 Å². The molecular formula is C19H23FN2O4S. The third-order valence-electron chi connectivity index (χ3n) is 3.68. The second-order valence-corrected chi connectivity index (χ2v) is 8.22. The van der Waals surface area contributed by atoms with E-state index in [1.54, 1.807) is 24.3 Å². The molecule has 1 N–H and O–H groups in total. The van der Waals surface area contributed by atoms with Gasteiger partial charge in [-0.15, -0.1) is 0 Å². The predicted octanol–water partition coefficient (Wildman–Crippen LogP) is 3.41. The first-order chi connectivity index (χ1) is 12.6. The van der Waals surface area contributed by atoms with Gasteiger partial charge < -0.3 is 10.1 Å². The molecule has 1 unspecified atom stereocenters. The SMILES string of the molecule is CC(C)Oc1ccccc1NC(=O)C(C)N(c1ccc(F)cc1)S(C)(=O)=O. The number of hydrogen-bond acceptors (Lipinski definition) is 4. The van der Waals surface area contributed by atoms with Crippen LogP contribution >= 0.6 is 0 Å². The van der Waals surface area contributed by atoms with E-state index in [4.69, 9.17) is 4.74 Å². The first-order valence-electron chi connectivity index (χ1n) is 8.41. The third kappa shape index (κ3) is 5.43. The Hall–Kier alpha value is -2.61. The van der Waals surface area contributed by atoms with E-state index in [1.165, 1.54) is 19.1 Å². The second-order valence-electron chi connectivity index (χ2n) is 6.36. The summed E-state index contributed by atoms with van der Waals surface area (Å²) in [4.78, 5) is 12.7. The largest absolute Gasteiger partial charge is 0.489 e. The van der Waals surface area contributed by atoms with Gasteiger partial charge in [0.15, 0.2) is 0 Å². The minimum absolute atomic E-state index is 0.0905. The van der Waals surface area contributed by atoms with Crippen LogP contribution in [0.3, 0.4) is 0 Å². The van der Waals surface area contributed by atoms with Crippen LogP contribution in [0.4, 0.5) is 15.8 Å².